The molecule has 20 heavy (non-hydrogen) atoms. The zero-order chi connectivity index (χ0) is 13.4. The lowest BCUT2D eigenvalue weighted by Gasteiger charge is -2.46. The maximum Gasteiger partial charge on any atom is 0.0795 e. The summed E-state index contributed by atoms with van der Waals surface area (Å²) in [5, 5.41) is 2.16. The molecule has 0 unspecified atom stereocenters. The van der Waals surface area contributed by atoms with Gasteiger partial charge < -0.3 is 0 Å². The molecule has 3 nitrogen and oxygen atoms in total. The Bertz CT molecular complexity index is 575. The molecule has 1 aromatic heterocycles. The standard InChI is InChI=1S/C16H19N3S/c1-2-4-14-7-19(6-5-13(14)3-1)16-9-18(10-16)8-15-11-20-12-17-15/h1-4,11-12,16H,5-10H2. The number of thiazole rings is 1. The van der Waals surface area contributed by atoms with Gasteiger partial charge in [-0.15, -0.1) is 11.3 Å². The third-order valence-electron chi connectivity index (χ3n) is 4.48. The Morgan fingerprint density at radius 2 is 2.05 bits per heavy atom. The van der Waals surface area contributed by atoms with E-state index in [-0.39, 0.29) is 0 Å². The van der Waals surface area contributed by atoms with Crippen LogP contribution in [0.3, 0.4) is 0 Å². The largest absolute Gasteiger partial charge is 0.294 e. The van der Waals surface area contributed by atoms with Crippen molar-refractivity contribution in [3.63, 3.8) is 0 Å². The summed E-state index contributed by atoms with van der Waals surface area (Å²) < 4.78 is 0. The Morgan fingerprint density at radius 1 is 1.20 bits per heavy atom. The van der Waals surface area contributed by atoms with E-state index in [0.29, 0.717) is 0 Å². The van der Waals surface area contributed by atoms with Gasteiger partial charge in [0.05, 0.1) is 11.2 Å². The van der Waals surface area contributed by atoms with E-state index < -0.39 is 0 Å². The zero-order valence-corrected chi connectivity index (χ0v) is 12.4. The van der Waals surface area contributed by atoms with Crippen LogP contribution in [0.5, 0.6) is 0 Å². The number of aromatic nitrogens is 1. The topological polar surface area (TPSA) is 19.4 Å². The molecule has 0 bridgehead atoms. The highest BCUT2D eigenvalue weighted by Crippen LogP contribution is 2.25. The summed E-state index contributed by atoms with van der Waals surface area (Å²) in [6.07, 6.45) is 1.21. The van der Waals surface area contributed by atoms with Gasteiger partial charge in [-0.2, -0.15) is 0 Å². The molecule has 0 amide bonds. The van der Waals surface area contributed by atoms with Crippen LogP contribution in [-0.4, -0.2) is 40.5 Å². The SMILES string of the molecule is c1ccc2c(c1)CCN(C1CN(Cc3cscn3)C1)C2. The fourth-order valence-electron chi connectivity index (χ4n) is 3.28. The first-order chi connectivity index (χ1) is 9.88. The minimum Gasteiger partial charge on any atom is -0.294 e. The van der Waals surface area contributed by atoms with Gasteiger partial charge in [0, 0.05) is 44.1 Å². The molecule has 1 fully saturated rings. The van der Waals surface area contributed by atoms with Gasteiger partial charge in [0.25, 0.3) is 0 Å². The Morgan fingerprint density at radius 3 is 2.85 bits per heavy atom. The number of rotatable bonds is 3. The van der Waals surface area contributed by atoms with E-state index in [1.54, 1.807) is 16.9 Å². The summed E-state index contributed by atoms with van der Waals surface area (Å²) >= 11 is 1.69. The van der Waals surface area contributed by atoms with E-state index in [0.717, 1.165) is 19.1 Å². The van der Waals surface area contributed by atoms with E-state index in [1.807, 2.05) is 5.51 Å². The van der Waals surface area contributed by atoms with Crippen molar-refractivity contribution in [2.75, 3.05) is 19.6 Å². The summed E-state index contributed by atoms with van der Waals surface area (Å²) in [4.78, 5) is 9.52. The number of likely N-dealkylation sites (tertiary alicyclic amines) is 1. The molecule has 0 spiro atoms. The number of benzene rings is 1. The van der Waals surface area contributed by atoms with Crippen LogP contribution in [0.4, 0.5) is 0 Å². The highest BCUT2D eigenvalue weighted by molar-refractivity contribution is 7.07. The Hall–Kier alpha value is -1.23. The monoisotopic (exact) mass is 285 g/mol. The number of hydrogen-bond donors (Lipinski definition) is 0. The average Bonchev–Trinajstić information content (AvgIpc) is 2.95. The second kappa shape index (κ2) is 5.28. The number of fused-ring (bicyclic) bond motifs is 1. The highest BCUT2D eigenvalue weighted by Gasteiger charge is 2.33. The normalized spacial score (nSPS) is 20.6. The molecule has 2 aliphatic heterocycles. The van der Waals surface area contributed by atoms with Crippen molar-refractivity contribution in [2.24, 2.45) is 0 Å². The minimum absolute atomic E-state index is 0.738. The molecule has 0 atom stereocenters. The van der Waals surface area contributed by atoms with Gasteiger partial charge in [0.15, 0.2) is 0 Å². The van der Waals surface area contributed by atoms with E-state index in [1.165, 1.54) is 37.3 Å². The van der Waals surface area contributed by atoms with Crippen LogP contribution in [0, 0.1) is 0 Å². The van der Waals surface area contributed by atoms with Crippen LogP contribution >= 0.6 is 11.3 Å². The zero-order valence-electron chi connectivity index (χ0n) is 11.5. The molecule has 0 saturated carbocycles. The summed E-state index contributed by atoms with van der Waals surface area (Å²) in [5.74, 6) is 0. The van der Waals surface area contributed by atoms with Crippen LogP contribution in [0.2, 0.25) is 0 Å². The molecular weight excluding hydrogens is 266 g/mol. The van der Waals surface area contributed by atoms with Gasteiger partial charge in [-0.1, -0.05) is 24.3 Å². The quantitative estimate of drug-likeness (QED) is 0.863. The van der Waals surface area contributed by atoms with Gasteiger partial charge in [0.1, 0.15) is 0 Å². The fraction of sp³-hybridized carbons (Fsp3) is 0.438. The Balaban J connectivity index is 1.33. The van der Waals surface area contributed by atoms with Crippen LogP contribution in [0.15, 0.2) is 35.2 Å². The lowest BCUT2D eigenvalue weighted by atomic mass is 9.96. The summed E-state index contributed by atoms with van der Waals surface area (Å²) in [6.45, 7) is 5.75. The third kappa shape index (κ3) is 2.39. The van der Waals surface area contributed by atoms with Crippen molar-refractivity contribution in [2.45, 2.75) is 25.6 Å². The second-order valence-corrected chi connectivity index (χ2v) is 6.54. The Labute approximate surface area is 123 Å². The molecule has 2 aliphatic rings. The first kappa shape index (κ1) is 12.5. The molecule has 104 valence electrons. The van der Waals surface area contributed by atoms with Crippen LogP contribution in [0.1, 0.15) is 16.8 Å². The molecule has 4 heteroatoms. The molecule has 3 heterocycles. The van der Waals surface area contributed by atoms with E-state index >= 15 is 0 Å². The fourth-order valence-corrected chi connectivity index (χ4v) is 3.83. The minimum atomic E-state index is 0.738. The van der Waals surface area contributed by atoms with Crippen molar-refractivity contribution < 1.29 is 0 Å². The molecule has 0 radical (unpaired) electrons. The smallest absolute Gasteiger partial charge is 0.0795 e. The van der Waals surface area contributed by atoms with Crippen molar-refractivity contribution in [1.29, 1.82) is 0 Å². The van der Waals surface area contributed by atoms with Gasteiger partial charge in [-0.3, -0.25) is 9.80 Å². The van der Waals surface area contributed by atoms with Crippen LogP contribution in [-0.2, 0) is 19.5 Å². The summed E-state index contributed by atoms with van der Waals surface area (Å²) in [7, 11) is 0. The first-order valence-corrected chi connectivity index (χ1v) is 8.23. The molecule has 0 aliphatic carbocycles. The second-order valence-electron chi connectivity index (χ2n) is 5.82. The van der Waals surface area contributed by atoms with Gasteiger partial charge in [-0.05, 0) is 17.5 Å². The van der Waals surface area contributed by atoms with Crippen LogP contribution < -0.4 is 0 Å². The van der Waals surface area contributed by atoms with Crippen molar-refractivity contribution >= 4 is 11.3 Å². The van der Waals surface area contributed by atoms with E-state index in [2.05, 4.69) is 44.4 Å². The van der Waals surface area contributed by atoms with Crippen molar-refractivity contribution in [3.8, 4) is 0 Å². The number of nitrogens with zero attached hydrogens (tertiary/aromatic N) is 3. The third-order valence-corrected chi connectivity index (χ3v) is 5.12. The Kier molecular flexibility index (Phi) is 3.30. The lowest BCUT2D eigenvalue weighted by Crippen LogP contribution is -2.59. The van der Waals surface area contributed by atoms with Gasteiger partial charge in [0.2, 0.25) is 0 Å². The maximum atomic E-state index is 4.37. The first-order valence-electron chi connectivity index (χ1n) is 7.29. The van der Waals surface area contributed by atoms with E-state index in [4.69, 9.17) is 0 Å². The number of hydrogen-bond acceptors (Lipinski definition) is 4. The maximum absolute atomic E-state index is 4.37. The van der Waals surface area contributed by atoms with Crippen LogP contribution in [0.25, 0.3) is 0 Å². The van der Waals surface area contributed by atoms with Gasteiger partial charge >= 0.3 is 0 Å². The summed E-state index contributed by atoms with van der Waals surface area (Å²) in [6, 6.07) is 9.63. The van der Waals surface area contributed by atoms with Crippen molar-refractivity contribution in [3.05, 3.63) is 52.0 Å². The molecule has 1 saturated heterocycles. The average molecular weight is 285 g/mol. The predicted molar refractivity (Wildman–Crippen MR) is 81.7 cm³/mol. The lowest BCUT2D eigenvalue weighted by molar-refractivity contribution is 0.0203. The molecule has 0 N–H and O–H groups in total. The molecule has 4 rings (SSSR count). The summed E-state index contributed by atoms with van der Waals surface area (Å²) in [5.41, 5.74) is 6.21. The predicted octanol–water partition coefficient (Wildman–Crippen LogP) is 2.39. The molecule has 2 aromatic rings. The molecular formula is C16H19N3S. The van der Waals surface area contributed by atoms with Crippen molar-refractivity contribution in [1.82, 2.24) is 14.8 Å². The highest BCUT2D eigenvalue weighted by atomic mass is 32.1. The molecule has 1 aromatic carbocycles. The van der Waals surface area contributed by atoms with Gasteiger partial charge in [-0.25, -0.2) is 4.98 Å². The van der Waals surface area contributed by atoms with E-state index in [9.17, 15) is 0 Å².